The van der Waals surface area contributed by atoms with Crippen LogP contribution in [-0.4, -0.2) is 31.8 Å². The summed E-state index contributed by atoms with van der Waals surface area (Å²) in [4.78, 5) is 30.6. The van der Waals surface area contributed by atoms with E-state index in [4.69, 9.17) is 0 Å². The highest BCUT2D eigenvalue weighted by Crippen LogP contribution is 2.44. The van der Waals surface area contributed by atoms with Crippen molar-refractivity contribution in [1.29, 1.82) is 0 Å². The molecule has 2 aromatic heterocycles. The standard InChI is InChI=1S/C17H15F2N5O2/c18-10-5-17(6-10,12-3-1-2-4-13(12)19)23-14(25)8-24-15-11(7-22-24)16(26)21-9-20-15/h1-4,7,9-10H,5-6,8H2,(H,23,25)(H,20,21,26). The SMILES string of the molecule is O=C(Cn1ncc2c(=O)[nH]cnc21)NC1(c2ccccc2F)CC(F)C1. The van der Waals surface area contributed by atoms with Gasteiger partial charge in [-0.15, -0.1) is 0 Å². The lowest BCUT2D eigenvalue weighted by Crippen LogP contribution is -2.56. The van der Waals surface area contributed by atoms with Crippen molar-refractivity contribution in [2.24, 2.45) is 0 Å². The summed E-state index contributed by atoms with van der Waals surface area (Å²) in [6.07, 6.45) is 1.47. The zero-order valence-electron chi connectivity index (χ0n) is 13.6. The van der Waals surface area contributed by atoms with Gasteiger partial charge in [0.25, 0.3) is 5.56 Å². The lowest BCUT2D eigenvalue weighted by atomic mass is 9.70. The van der Waals surface area contributed by atoms with Gasteiger partial charge in [0.2, 0.25) is 5.91 Å². The van der Waals surface area contributed by atoms with Gasteiger partial charge < -0.3 is 10.3 Å². The molecule has 0 bridgehead atoms. The van der Waals surface area contributed by atoms with E-state index in [0.29, 0.717) is 0 Å². The molecule has 1 aliphatic carbocycles. The van der Waals surface area contributed by atoms with Crippen LogP contribution < -0.4 is 10.9 Å². The summed E-state index contributed by atoms with van der Waals surface area (Å²) in [5.74, 6) is -0.954. The Balaban J connectivity index is 1.59. The smallest absolute Gasteiger partial charge is 0.261 e. The fourth-order valence-corrected chi connectivity index (χ4v) is 3.40. The Morgan fingerprint density at radius 2 is 2.15 bits per heavy atom. The Labute approximate surface area is 146 Å². The second kappa shape index (κ2) is 6.01. The van der Waals surface area contributed by atoms with Gasteiger partial charge in [-0.25, -0.2) is 18.4 Å². The van der Waals surface area contributed by atoms with E-state index in [1.54, 1.807) is 18.2 Å². The Morgan fingerprint density at radius 3 is 2.88 bits per heavy atom. The average molecular weight is 359 g/mol. The highest BCUT2D eigenvalue weighted by Gasteiger charge is 2.48. The molecule has 0 atom stereocenters. The monoisotopic (exact) mass is 359 g/mol. The number of aromatic nitrogens is 4. The summed E-state index contributed by atoms with van der Waals surface area (Å²) in [5.41, 5.74) is -0.901. The molecule has 1 aromatic carbocycles. The first kappa shape index (κ1) is 16.4. The Hall–Kier alpha value is -3.10. The van der Waals surface area contributed by atoms with Gasteiger partial charge in [-0.1, -0.05) is 18.2 Å². The van der Waals surface area contributed by atoms with Gasteiger partial charge in [0.05, 0.1) is 18.1 Å². The number of nitrogens with one attached hydrogen (secondary N) is 2. The van der Waals surface area contributed by atoms with Crippen LogP contribution in [0, 0.1) is 5.82 Å². The summed E-state index contributed by atoms with van der Waals surface area (Å²) >= 11 is 0. The number of amides is 1. The van der Waals surface area contributed by atoms with Gasteiger partial charge in [0, 0.05) is 18.4 Å². The number of halogens is 2. The normalized spacial score (nSPS) is 22.2. The van der Waals surface area contributed by atoms with E-state index in [-0.39, 0.29) is 41.5 Å². The first-order chi connectivity index (χ1) is 12.5. The summed E-state index contributed by atoms with van der Waals surface area (Å²) in [5, 5.41) is 7.00. The van der Waals surface area contributed by atoms with Gasteiger partial charge in [0.1, 0.15) is 23.9 Å². The highest BCUT2D eigenvalue weighted by atomic mass is 19.1. The second-order valence-electron chi connectivity index (χ2n) is 6.39. The molecular formula is C17H15F2N5O2. The molecule has 0 radical (unpaired) electrons. The third-order valence-electron chi connectivity index (χ3n) is 4.64. The van der Waals surface area contributed by atoms with E-state index < -0.39 is 23.4 Å². The number of rotatable bonds is 4. The van der Waals surface area contributed by atoms with E-state index >= 15 is 0 Å². The molecule has 0 saturated heterocycles. The number of carbonyl (C=O) groups is 1. The van der Waals surface area contributed by atoms with E-state index in [0.717, 1.165) is 0 Å². The van der Waals surface area contributed by atoms with E-state index in [9.17, 15) is 18.4 Å². The van der Waals surface area contributed by atoms with Gasteiger partial charge in [-0.3, -0.25) is 9.59 Å². The van der Waals surface area contributed by atoms with Crippen molar-refractivity contribution >= 4 is 16.9 Å². The van der Waals surface area contributed by atoms with Gasteiger partial charge in [-0.2, -0.15) is 5.10 Å². The molecule has 7 nitrogen and oxygen atoms in total. The lowest BCUT2D eigenvalue weighted by Gasteiger charge is -2.45. The molecule has 9 heteroatoms. The number of carbonyl (C=O) groups excluding carboxylic acids is 1. The number of fused-ring (bicyclic) bond motifs is 1. The molecule has 0 spiro atoms. The van der Waals surface area contributed by atoms with Crippen LogP contribution in [0.1, 0.15) is 18.4 Å². The molecule has 2 N–H and O–H groups in total. The minimum atomic E-state index is -1.10. The lowest BCUT2D eigenvalue weighted by molar-refractivity contribution is -0.126. The molecule has 1 fully saturated rings. The number of benzene rings is 1. The second-order valence-corrected chi connectivity index (χ2v) is 6.39. The van der Waals surface area contributed by atoms with E-state index in [2.05, 4.69) is 20.4 Å². The molecule has 1 saturated carbocycles. The fraction of sp³-hybridized carbons (Fsp3) is 0.294. The molecule has 4 rings (SSSR count). The minimum absolute atomic E-state index is 0.0114. The van der Waals surface area contributed by atoms with Crippen LogP contribution >= 0.6 is 0 Å². The van der Waals surface area contributed by atoms with Crippen LogP contribution in [0.4, 0.5) is 8.78 Å². The number of hydrogen-bond donors (Lipinski definition) is 2. The molecule has 1 aliphatic rings. The maximum Gasteiger partial charge on any atom is 0.261 e. The topological polar surface area (TPSA) is 92.7 Å². The number of hydrogen-bond acceptors (Lipinski definition) is 4. The zero-order chi connectivity index (χ0) is 18.3. The largest absolute Gasteiger partial charge is 0.345 e. The molecule has 26 heavy (non-hydrogen) atoms. The van der Waals surface area contributed by atoms with Gasteiger partial charge >= 0.3 is 0 Å². The van der Waals surface area contributed by atoms with Crippen molar-refractivity contribution in [3.05, 3.63) is 58.5 Å². The average Bonchev–Trinajstić information content (AvgIpc) is 2.98. The van der Waals surface area contributed by atoms with Crippen LogP contribution in [0.15, 0.2) is 41.6 Å². The predicted octanol–water partition coefficient (Wildman–Crippen LogP) is 1.40. The summed E-state index contributed by atoms with van der Waals surface area (Å²) in [6, 6.07) is 6.02. The first-order valence-electron chi connectivity index (χ1n) is 8.08. The van der Waals surface area contributed by atoms with Crippen molar-refractivity contribution in [2.45, 2.75) is 31.1 Å². The van der Waals surface area contributed by atoms with Gasteiger partial charge in [0.15, 0.2) is 5.65 Å². The van der Waals surface area contributed by atoms with Crippen LogP contribution in [-0.2, 0) is 16.9 Å². The van der Waals surface area contributed by atoms with E-state index in [1.807, 2.05) is 0 Å². The maximum absolute atomic E-state index is 14.2. The molecule has 0 aliphatic heterocycles. The fourth-order valence-electron chi connectivity index (χ4n) is 3.40. The molecule has 1 amide bonds. The number of nitrogens with zero attached hydrogens (tertiary/aromatic N) is 3. The number of H-pyrrole nitrogens is 1. The van der Waals surface area contributed by atoms with Crippen LogP contribution in [0.25, 0.3) is 11.0 Å². The zero-order valence-corrected chi connectivity index (χ0v) is 13.6. The quantitative estimate of drug-likeness (QED) is 0.737. The maximum atomic E-state index is 14.2. The van der Waals surface area contributed by atoms with Crippen molar-refractivity contribution in [3.8, 4) is 0 Å². The summed E-state index contributed by atoms with van der Waals surface area (Å²) in [6.45, 7) is -0.215. The highest BCUT2D eigenvalue weighted by molar-refractivity contribution is 5.80. The number of alkyl halides is 1. The first-order valence-corrected chi connectivity index (χ1v) is 8.08. The Kier molecular flexibility index (Phi) is 3.78. The molecule has 0 unspecified atom stereocenters. The Bertz CT molecular complexity index is 1040. The van der Waals surface area contributed by atoms with Crippen molar-refractivity contribution in [3.63, 3.8) is 0 Å². The van der Waals surface area contributed by atoms with Crippen LogP contribution in [0.2, 0.25) is 0 Å². The predicted molar refractivity (Wildman–Crippen MR) is 88.5 cm³/mol. The Morgan fingerprint density at radius 1 is 1.38 bits per heavy atom. The molecule has 134 valence electrons. The molecule has 3 aromatic rings. The van der Waals surface area contributed by atoms with Crippen molar-refractivity contribution < 1.29 is 13.6 Å². The minimum Gasteiger partial charge on any atom is -0.345 e. The van der Waals surface area contributed by atoms with Crippen molar-refractivity contribution in [2.75, 3.05) is 0 Å². The van der Waals surface area contributed by atoms with Crippen molar-refractivity contribution in [1.82, 2.24) is 25.1 Å². The molecule has 2 heterocycles. The summed E-state index contributed by atoms with van der Waals surface area (Å²) < 4.78 is 29.0. The van der Waals surface area contributed by atoms with Gasteiger partial charge in [-0.05, 0) is 6.07 Å². The summed E-state index contributed by atoms with van der Waals surface area (Å²) in [7, 11) is 0. The third-order valence-corrected chi connectivity index (χ3v) is 4.64. The van der Waals surface area contributed by atoms with Crippen LogP contribution in [0.5, 0.6) is 0 Å². The number of aromatic amines is 1. The molecular weight excluding hydrogens is 344 g/mol. The van der Waals surface area contributed by atoms with Crippen LogP contribution in [0.3, 0.4) is 0 Å². The third kappa shape index (κ3) is 2.65. The van der Waals surface area contributed by atoms with E-state index in [1.165, 1.54) is 23.3 Å².